The van der Waals surface area contributed by atoms with Crippen LogP contribution >= 0.6 is 15.9 Å². The molecule has 9 aromatic rings. The van der Waals surface area contributed by atoms with E-state index in [1.54, 1.807) is 0 Å². The van der Waals surface area contributed by atoms with Crippen LogP contribution in [0.4, 0.5) is 0 Å². The van der Waals surface area contributed by atoms with E-state index in [9.17, 15) is 0 Å². The Hall–Kier alpha value is -5.38. The number of aromatic nitrogens is 2. The third kappa shape index (κ3) is 4.23. The first-order valence-electron chi connectivity index (χ1n) is 15.2. The van der Waals surface area contributed by atoms with Gasteiger partial charge in [-0.15, -0.1) is 0 Å². The molecule has 9 rings (SSSR count). The molecule has 0 radical (unpaired) electrons. The molecule has 0 aliphatic rings. The Kier molecular flexibility index (Phi) is 6.00. The average Bonchev–Trinajstić information content (AvgIpc) is 3.61. The fourth-order valence-corrected chi connectivity index (χ4v) is 7.15. The summed E-state index contributed by atoms with van der Waals surface area (Å²) in [5, 5.41) is 5.04. The van der Waals surface area contributed by atoms with E-state index in [1.165, 1.54) is 71.6 Å². The second-order valence-corrected chi connectivity index (χ2v) is 12.5. The maximum Gasteiger partial charge on any atom is 0.0541 e. The normalized spacial score (nSPS) is 11.7. The van der Waals surface area contributed by atoms with Crippen LogP contribution in [-0.2, 0) is 0 Å². The van der Waals surface area contributed by atoms with Crippen molar-refractivity contribution < 1.29 is 0 Å². The topological polar surface area (TPSA) is 9.86 Å². The summed E-state index contributed by atoms with van der Waals surface area (Å²) in [5.41, 5.74) is 12.0. The number of halogens is 1. The number of hydrogen-bond acceptors (Lipinski definition) is 0. The van der Waals surface area contributed by atoms with Gasteiger partial charge >= 0.3 is 0 Å². The highest BCUT2D eigenvalue weighted by molar-refractivity contribution is 9.10. The van der Waals surface area contributed by atoms with E-state index in [1.807, 2.05) is 0 Å². The molecule has 0 saturated carbocycles. The van der Waals surface area contributed by atoms with Crippen LogP contribution in [-0.4, -0.2) is 9.13 Å². The van der Waals surface area contributed by atoms with Crippen molar-refractivity contribution in [2.75, 3.05) is 0 Å². The average molecular weight is 640 g/mol. The zero-order valence-corrected chi connectivity index (χ0v) is 25.9. The van der Waals surface area contributed by atoms with Crippen molar-refractivity contribution in [1.29, 1.82) is 0 Å². The summed E-state index contributed by atoms with van der Waals surface area (Å²) in [7, 11) is 0. The van der Waals surface area contributed by atoms with Gasteiger partial charge in [0.25, 0.3) is 0 Å². The van der Waals surface area contributed by atoms with E-state index < -0.39 is 0 Å². The summed E-state index contributed by atoms with van der Waals surface area (Å²) in [5.74, 6) is 0. The lowest BCUT2D eigenvalue weighted by molar-refractivity contribution is 1.18. The highest BCUT2D eigenvalue weighted by Crippen LogP contribution is 2.38. The van der Waals surface area contributed by atoms with Crippen molar-refractivity contribution in [3.05, 3.63) is 168 Å². The van der Waals surface area contributed by atoms with Crippen molar-refractivity contribution in [3.8, 4) is 33.6 Å². The minimum atomic E-state index is 1.09. The summed E-state index contributed by atoms with van der Waals surface area (Å²) >= 11 is 3.55. The Morgan fingerprint density at radius 2 is 0.711 bits per heavy atom. The Labute approximate surface area is 269 Å². The second-order valence-electron chi connectivity index (χ2n) is 11.6. The summed E-state index contributed by atoms with van der Waals surface area (Å²) in [4.78, 5) is 0. The zero-order chi connectivity index (χ0) is 29.9. The summed E-state index contributed by atoms with van der Waals surface area (Å²) in [6.45, 7) is 0. The van der Waals surface area contributed by atoms with Gasteiger partial charge in [-0.3, -0.25) is 0 Å². The maximum atomic E-state index is 3.55. The number of para-hydroxylation sites is 3. The highest BCUT2D eigenvalue weighted by atomic mass is 79.9. The Morgan fingerprint density at radius 1 is 0.311 bits per heavy atom. The lowest BCUT2D eigenvalue weighted by atomic mass is 10.0. The Balaban J connectivity index is 1.19. The van der Waals surface area contributed by atoms with E-state index in [2.05, 4.69) is 189 Å². The Bertz CT molecular complexity index is 2520. The van der Waals surface area contributed by atoms with Gasteiger partial charge in [0, 0.05) is 37.4 Å². The van der Waals surface area contributed by atoms with E-state index in [-0.39, 0.29) is 0 Å². The molecule has 0 aliphatic carbocycles. The van der Waals surface area contributed by atoms with Gasteiger partial charge in [0.1, 0.15) is 0 Å². The molecule has 2 heterocycles. The van der Waals surface area contributed by atoms with Crippen molar-refractivity contribution in [1.82, 2.24) is 9.13 Å². The SMILES string of the molecule is Brc1ccc(-c2ccc(-n3c4ccccc4c4cc(-c5ccc6c(c5)c5ccccc5n6-c5ccccc5)ccc43)cc2)cc1. The van der Waals surface area contributed by atoms with Gasteiger partial charge in [-0.25, -0.2) is 0 Å². The molecule has 0 aliphatic heterocycles. The van der Waals surface area contributed by atoms with E-state index in [0.29, 0.717) is 0 Å². The van der Waals surface area contributed by atoms with Crippen LogP contribution in [0.3, 0.4) is 0 Å². The van der Waals surface area contributed by atoms with Crippen LogP contribution < -0.4 is 0 Å². The number of benzene rings is 7. The first-order valence-corrected chi connectivity index (χ1v) is 16.0. The van der Waals surface area contributed by atoms with Gasteiger partial charge < -0.3 is 9.13 Å². The third-order valence-corrected chi connectivity index (χ3v) is 9.52. The monoisotopic (exact) mass is 638 g/mol. The van der Waals surface area contributed by atoms with E-state index in [0.717, 1.165) is 10.2 Å². The summed E-state index contributed by atoms with van der Waals surface area (Å²) in [6, 6.07) is 59.3. The van der Waals surface area contributed by atoms with Crippen LogP contribution in [0, 0.1) is 0 Å². The van der Waals surface area contributed by atoms with Crippen molar-refractivity contribution in [2.45, 2.75) is 0 Å². The van der Waals surface area contributed by atoms with Gasteiger partial charge in [-0.1, -0.05) is 107 Å². The van der Waals surface area contributed by atoms with Crippen molar-refractivity contribution >= 4 is 59.5 Å². The molecule has 0 unspecified atom stereocenters. The Morgan fingerprint density at radius 3 is 1.24 bits per heavy atom. The number of fused-ring (bicyclic) bond motifs is 6. The van der Waals surface area contributed by atoms with Crippen molar-refractivity contribution in [2.24, 2.45) is 0 Å². The number of nitrogens with zero attached hydrogens (tertiary/aromatic N) is 2. The van der Waals surface area contributed by atoms with Crippen LogP contribution in [0.15, 0.2) is 168 Å². The van der Waals surface area contributed by atoms with E-state index in [4.69, 9.17) is 0 Å². The fourth-order valence-electron chi connectivity index (χ4n) is 6.88. The summed E-state index contributed by atoms with van der Waals surface area (Å²) < 4.78 is 5.84. The molecular weight excluding hydrogens is 612 g/mol. The molecule has 0 bridgehead atoms. The molecule has 0 atom stereocenters. The van der Waals surface area contributed by atoms with Gasteiger partial charge in [-0.05, 0) is 95.1 Å². The third-order valence-electron chi connectivity index (χ3n) is 9.00. The smallest absolute Gasteiger partial charge is 0.0541 e. The molecule has 7 aromatic carbocycles. The first kappa shape index (κ1) is 26.1. The fraction of sp³-hybridized carbons (Fsp3) is 0. The standard InChI is InChI=1S/C42H27BrN2/c43-32-20-14-28(15-21-32)29-16-22-34(23-17-29)45-40-13-7-5-11-36(40)38-27-31(19-25-42(38)45)30-18-24-41-37(26-30)35-10-4-6-12-39(35)44(41)33-8-2-1-3-9-33/h1-27H. The summed E-state index contributed by atoms with van der Waals surface area (Å²) in [6.07, 6.45) is 0. The number of rotatable bonds is 4. The van der Waals surface area contributed by atoms with Crippen LogP contribution in [0.25, 0.3) is 77.2 Å². The van der Waals surface area contributed by atoms with Crippen molar-refractivity contribution in [3.63, 3.8) is 0 Å². The molecule has 0 N–H and O–H groups in total. The second kappa shape index (κ2) is 10.4. The minimum Gasteiger partial charge on any atom is -0.309 e. The zero-order valence-electron chi connectivity index (χ0n) is 24.4. The van der Waals surface area contributed by atoms with Crippen LogP contribution in [0.2, 0.25) is 0 Å². The minimum absolute atomic E-state index is 1.09. The maximum absolute atomic E-state index is 3.55. The quantitative estimate of drug-likeness (QED) is 0.181. The molecule has 45 heavy (non-hydrogen) atoms. The molecule has 3 heteroatoms. The van der Waals surface area contributed by atoms with E-state index >= 15 is 0 Å². The highest BCUT2D eigenvalue weighted by Gasteiger charge is 2.16. The lowest BCUT2D eigenvalue weighted by Crippen LogP contribution is -1.94. The molecule has 0 saturated heterocycles. The first-order chi connectivity index (χ1) is 22.2. The molecule has 2 nitrogen and oxygen atoms in total. The predicted molar refractivity (Wildman–Crippen MR) is 194 cm³/mol. The van der Waals surface area contributed by atoms with Crippen LogP contribution in [0.1, 0.15) is 0 Å². The molecule has 0 amide bonds. The lowest BCUT2D eigenvalue weighted by Gasteiger charge is -2.10. The van der Waals surface area contributed by atoms with Gasteiger partial charge in [0.05, 0.1) is 22.1 Å². The predicted octanol–water partition coefficient (Wildman–Crippen LogP) is 12.0. The van der Waals surface area contributed by atoms with Crippen LogP contribution in [0.5, 0.6) is 0 Å². The molecular formula is C42H27BrN2. The van der Waals surface area contributed by atoms with Gasteiger partial charge in [0.2, 0.25) is 0 Å². The number of hydrogen-bond donors (Lipinski definition) is 0. The molecule has 212 valence electrons. The van der Waals surface area contributed by atoms with Gasteiger partial charge in [-0.2, -0.15) is 0 Å². The molecule has 2 aromatic heterocycles. The van der Waals surface area contributed by atoms with Gasteiger partial charge in [0.15, 0.2) is 0 Å². The largest absolute Gasteiger partial charge is 0.309 e. The molecule has 0 spiro atoms. The molecule has 0 fully saturated rings.